The third-order valence-electron chi connectivity index (χ3n) is 2.41. The maximum atomic E-state index is 11.8. The van der Waals surface area contributed by atoms with E-state index in [9.17, 15) is 4.79 Å². The second-order valence-corrected chi connectivity index (χ2v) is 4.08. The summed E-state index contributed by atoms with van der Waals surface area (Å²) < 4.78 is 5.33. The summed E-state index contributed by atoms with van der Waals surface area (Å²) in [6.45, 7) is 4.18. The summed E-state index contributed by atoms with van der Waals surface area (Å²) in [6, 6.07) is 0.157. The van der Waals surface area contributed by atoms with Crippen LogP contribution in [-0.4, -0.2) is 50.8 Å². The molecule has 2 unspecified atom stereocenters. The van der Waals surface area contributed by atoms with Crippen LogP contribution in [0.25, 0.3) is 0 Å². The van der Waals surface area contributed by atoms with Gasteiger partial charge in [0.2, 0.25) is 5.91 Å². The molecular formula is C10H21N3O2. The largest absolute Gasteiger partial charge is 0.379 e. The molecule has 0 bridgehead atoms. The monoisotopic (exact) mass is 215 g/mol. The van der Waals surface area contributed by atoms with E-state index in [1.165, 1.54) is 0 Å². The fraction of sp³-hybridized carbons (Fsp3) is 0.900. The lowest BCUT2D eigenvalue weighted by atomic mass is 10.0. The van der Waals surface area contributed by atoms with Crippen molar-refractivity contribution in [1.29, 1.82) is 0 Å². The van der Waals surface area contributed by atoms with Gasteiger partial charge in [0.25, 0.3) is 0 Å². The van der Waals surface area contributed by atoms with E-state index in [4.69, 9.17) is 4.74 Å². The molecule has 0 spiro atoms. The van der Waals surface area contributed by atoms with Gasteiger partial charge < -0.3 is 10.1 Å². The highest BCUT2D eigenvalue weighted by Gasteiger charge is 2.33. The summed E-state index contributed by atoms with van der Waals surface area (Å²) in [5.74, 6) is -0.0370. The van der Waals surface area contributed by atoms with Crippen LogP contribution < -0.4 is 10.7 Å². The van der Waals surface area contributed by atoms with Crippen LogP contribution in [0.5, 0.6) is 0 Å². The zero-order valence-electron chi connectivity index (χ0n) is 9.75. The van der Waals surface area contributed by atoms with Crippen molar-refractivity contribution < 1.29 is 9.53 Å². The van der Waals surface area contributed by atoms with Gasteiger partial charge >= 0.3 is 0 Å². The molecule has 0 aromatic heterocycles. The molecule has 1 heterocycles. The first kappa shape index (κ1) is 12.4. The molecule has 1 aliphatic heterocycles. The van der Waals surface area contributed by atoms with Crippen LogP contribution in [0.2, 0.25) is 0 Å². The van der Waals surface area contributed by atoms with E-state index in [0.717, 1.165) is 13.0 Å². The van der Waals surface area contributed by atoms with E-state index in [2.05, 4.69) is 17.7 Å². The van der Waals surface area contributed by atoms with Crippen LogP contribution >= 0.6 is 0 Å². The van der Waals surface area contributed by atoms with Crippen LogP contribution in [0.4, 0.5) is 0 Å². The highest BCUT2D eigenvalue weighted by atomic mass is 16.5. The second kappa shape index (κ2) is 6.05. The van der Waals surface area contributed by atoms with Gasteiger partial charge in [0.15, 0.2) is 0 Å². The van der Waals surface area contributed by atoms with E-state index < -0.39 is 0 Å². The highest BCUT2D eigenvalue weighted by molar-refractivity contribution is 5.79. The molecule has 0 aromatic carbocycles. The first-order valence-corrected chi connectivity index (χ1v) is 5.44. The number of nitrogens with zero attached hydrogens (tertiary/aromatic N) is 1. The smallest absolute Gasteiger partial charge is 0.241 e. The standard InChI is InChI=1S/C10H21N3O2/c1-4-5-11-9-7-15-6-8(9)10(14)12-13(2)3/h8-9,11H,4-7H2,1-3H3,(H,12,14). The Morgan fingerprint density at radius 3 is 2.80 bits per heavy atom. The number of amides is 1. The van der Waals surface area contributed by atoms with Crippen LogP contribution in [0, 0.1) is 5.92 Å². The number of rotatable bonds is 5. The van der Waals surface area contributed by atoms with Gasteiger partial charge in [-0.05, 0) is 13.0 Å². The molecule has 0 radical (unpaired) electrons. The predicted octanol–water partition coefficient (Wildman–Crippen LogP) is -0.406. The van der Waals surface area contributed by atoms with Gasteiger partial charge in [-0.3, -0.25) is 10.2 Å². The van der Waals surface area contributed by atoms with E-state index >= 15 is 0 Å². The van der Waals surface area contributed by atoms with Crippen LogP contribution in [0.1, 0.15) is 13.3 Å². The Morgan fingerprint density at radius 2 is 2.20 bits per heavy atom. The fourth-order valence-electron chi connectivity index (χ4n) is 1.65. The summed E-state index contributed by atoms with van der Waals surface area (Å²) in [6.07, 6.45) is 1.07. The average Bonchev–Trinajstić information content (AvgIpc) is 2.61. The molecule has 88 valence electrons. The highest BCUT2D eigenvalue weighted by Crippen LogP contribution is 2.13. The van der Waals surface area contributed by atoms with Crippen molar-refractivity contribution in [1.82, 2.24) is 15.8 Å². The van der Waals surface area contributed by atoms with Crippen molar-refractivity contribution in [2.45, 2.75) is 19.4 Å². The predicted molar refractivity (Wildman–Crippen MR) is 58.2 cm³/mol. The van der Waals surface area contributed by atoms with Gasteiger partial charge in [0.1, 0.15) is 0 Å². The number of nitrogens with one attached hydrogen (secondary N) is 2. The minimum Gasteiger partial charge on any atom is -0.379 e. The lowest BCUT2D eigenvalue weighted by molar-refractivity contribution is -0.129. The molecular weight excluding hydrogens is 194 g/mol. The lowest BCUT2D eigenvalue weighted by Crippen LogP contribution is -2.47. The van der Waals surface area contributed by atoms with Crippen LogP contribution in [0.15, 0.2) is 0 Å². The van der Waals surface area contributed by atoms with E-state index in [-0.39, 0.29) is 17.9 Å². The Labute approximate surface area is 91.1 Å². The number of ether oxygens (including phenoxy) is 1. The first-order chi connectivity index (χ1) is 7.15. The molecule has 1 rings (SSSR count). The Balaban J connectivity index is 2.41. The van der Waals surface area contributed by atoms with Crippen molar-refractivity contribution in [2.24, 2.45) is 5.92 Å². The van der Waals surface area contributed by atoms with Crippen molar-refractivity contribution in [2.75, 3.05) is 33.9 Å². The summed E-state index contributed by atoms with van der Waals surface area (Å²) in [7, 11) is 3.62. The number of carbonyl (C=O) groups is 1. The Kier molecular flexibility index (Phi) is 5.01. The third-order valence-corrected chi connectivity index (χ3v) is 2.41. The minimum absolute atomic E-state index is 0.0334. The maximum absolute atomic E-state index is 11.8. The summed E-state index contributed by atoms with van der Waals surface area (Å²) >= 11 is 0. The maximum Gasteiger partial charge on any atom is 0.241 e. The molecule has 1 aliphatic rings. The van der Waals surface area contributed by atoms with Crippen molar-refractivity contribution >= 4 is 5.91 Å². The number of hydrogen-bond donors (Lipinski definition) is 2. The van der Waals surface area contributed by atoms with Gasteiger partial charge in [-0.15, -0.1) is 0 Å². The molecule has 1 saturated heterocycles. The van der Waals surface area contributed by atoms with Crippen LogP contribution in [0.3, 0.4) is 0 Å². The first-order valence-electron chi connectivity index (χ1n) is 5.44. The van der Waals surface area contributed by atoms with E-state index in [1.54, 1.807) is 5.01 Å². The lowest BCUT2D eigenvalue weighted by Gasteiger charge is -2.20. The van der Waals surface area contributed by atoms with Crippen molar-refractivity contribution in [3.63, 3.8) is 0 Å². The quantitative estimate of drug-likeness (QED) is 0.612. The van der Waals surface area contributed by atoms with Gasteiger partial charge in [-0.25, -0.2) is 5.01 Å². The SMILES string of the molecule is CCCNC1COCC1C(=O)NN(C)C. The summed E-state index contributed by atoms with van der Waals surface area (Å²) in [5.41, 5.74) is 2.77. The van der Waals surface area contributed by atoms with E-state index in [1.807, 2.05) is 14.1 Å². The molecule has 1 amide bonds. The number of carbonyl (C=O) groups excluding carboxylic acids is 1. The molecule has 5 nitrogen and oxygen atoms in total. The van der Waals surface area contributed by atoms with Gasteiger partial charge in [0.05, 0.1) is 19.1 Å². The summed E-state index contributed by atoms with van der Waals surface area (Å²) in [4.78, 5) is 11.8. The second-order valence-electron chi connectivity index (χ2n) is 4.08. The number of hydrogen-bond acceptors (Lipinski definition) is 4. The van der Waals surface area contributed by atoms with Crippen LogP contribution in [-0.2, 0) is 9.53 Å². The molecule has 15 heavy (non-hydrogen) atoms. The van der Waals surface area contributed by atoms with E-state index in [0.29, 0.717) is 13.2 Å². The Bertz CT molecular complexity index is 209. The minimum atomic E-state index is -0.0704. The van der Waals surface area contributed by atoms with Gasteiger partial charge in [-0.2, -0.15) is 0 Å². The summed E-state index contributed by atoms with van der Waals surface area (Å²) in [5, 5.41) is 5.00. The molecule has 0 saturated carbocycles. The fourth-order valence-corrected chi connectivity index (χ4v) is 1.65. The normalized spacial score (nSPS) is 25.9. The zero-order valence-corrected chi connectivity index (χ0v) is 9.75. The Morgan fingerprint density at radius 1 is 1.47 bits per heavy atom. The third kappa shape index (κ3) is 3.77. The average molecular weight is 215 g/mol. The zero-order chi connectivity index (χ0) is 11.3. The molecule has 2 N–H and O–H groups in total. The molecule has 2 atom stereocenters. The topological polar surface area (TPSA) is 53.6 Å². The number of hydrazine groups is 1. The van der Waals surface area contributed by atoms with Crippen molar-refractivity contribution in [3.05, 3.63) is 0 Å². The van der Waals surface area contributed by atoms with Gasteiger partial charge in [0, 0.05) is 20.1 Å². The molecule has 1 fully saturated rings. The Hall–Kier alpha value is -0.650. The van der Waals surface area contributed by atoms with Crippen molar-refractivity contribution in [3.8, 4) is 0 Å². The molecule has 0 aromatic rings. The molecule has 5 heteroatoms. The van der Waals surface area contributed by atoms with Gasteiger partial charge in [-0.1, -0.05) is 6.92 Å². The molecule has 0 aliphatic carbocycles.